The molecule has 4 heterocycles. The average molecular weight is 432 g/mol. The number of pyridine rings is 1. The van der Waals surface area contributed by atoms with Gasteiger partial charge in [0, 0.05) is 24.4 Å². The van der Waals surface area contributed by atoms with Gasteiger partial charge in [-0.3, -0.25) is 9.48 Å². The Labute approximate surface area is 185 Å². The molecule has 4 aromatic rings. The molecular formula is C23H24N6O3. The average Bonchev–Trinajstić information content (AvgIpc) is 3.43. The minimum absolute atomic E-state index is 0.0882. The van der Waals surface area contributed by atoms with Crippen molar-refractivity contribution in [2.45, 2.75) is 26.0 Å². The van der Waals surface area contributed by atoms with Crippen LogP contribution in [0.5, 0.6) is 0 Å². The minimum Gasteiger partial charge on any atom is -0.368 e. The molecule has 1 aliphatic heterocycles. The third-order valence-corrected chi connectivity index (χ3v) is 5.49. The number of amides is 1. The molecule has 0 bridgehead atoms. The second-order valence-electron chi connectivity index (χ2n) is 7.77. The molecule has 0 unspecified atom stereocenters. The van der Waals surface area contributed by atoms with E-state index in [0.29, 0.717) is 44.3 Å². The second-order valence-corrected chi connectivity index (χ2v) is 7.77. The Morgan fingerprint density at radius 3 is 2.97 bits per heavy atom. The molecule has 3 aromatic heterocycles. The first-order valence-electron chi connectivity index (χ1n) is 10.6. The summed E-state index contributed by atoms with van der Waals surface area (Å²) in [5.41, 5.74) is 1.81. The summed E-state index contributed by atoms with van der Waals surface area (Å²) < 4.78 is 12.9. The number of para-hydroxylation sites is 1. The van der Waals surface area contributed by atoms with Crippen molar-refractivity contribution in [3.63, 3.8) is 0 Å². The van der Waals surface area contributed by atoms with Gasteiger partial charge in [0.1, 0.15) is 17.7 Å². The molecule has 5 rings (SSSR count). The topological polar surface area (TPSA) is 98.3 Å². The second kappa shape index (κ2) is 8.80. The molecule has 9 heteroatoms. The van der Waals surface area contributed by atoms with E-state index in [0.717, 1.165) is 22.4 Å². The van der Waals surface area contributed by atoms with Crippen LogP contribution in [0, 0.1) is 6.92 Å². The largest absolute Gasteiger partial charge is 0.368 e. The van der Waals surface area contributed by atoms with Gasteiger partial charge in [-0.2, -0.15) is 5.10 Å². The molecule has 9 nitrogen and oxygen atoms in total. The fourth-order valence-corrected chi connectivity index (χ4v) is 3.88. The lowest BCUT2D eigenvalue weighted by Gasteiger charge is -2.33. The van der Waals surface area contributed by atoms with Crippen LogP contribution in [0.4, 0.5) is 11.6 Å². The summed E-state index contributed by atoms with van der Waals surface area (Å²) in [6.45, 7) is 3.90. The summed E-state index contributed by atoms with van der Waals surface area (Å²) in [6.07, 6.45) is 1.94. The van der Waals surface area contributed by atoms with E-state index in [1.165, 1.54) is 0 Å². The zero-order chi connectivity index (χ0) is 21.9. The number of aryl methyl sites for hydroxylation is 2. The predicted octanol–water partition coefficient (Wildman–Crippen LogP) is 3.46. The summed E-state index contributed by atoms with van der Waals surface area (Å²) in [5, 5.41) is 12.5. The lowest BCUT2D eigenvalue weighted by Crippen LogP contribution is -2.42. The van der Waals surface area contributed by atoms with Crippen LogP contribution in [0.3, 0.4) is 0 Å². The first-order chi connectivity index (χ1) is 15.7. The van der Waals surface area contributed by atoms with Crippen LogP contribution in [0.15, 0.2) is 59.3 Å². The van der Waals surface area contributed by atoms with Crippen LogP contribution in [0.25, 0.3) is 10.9 Å². The van der Waals surface area contributed by atoms with Crippen LogP contribution in [0.1, 0.15) is 24.0 Å². The standard InChI is InChI=1S/C23H24N6O3/c1-16-13-22(27-32-16)26-21-8-4-6-18(25-21)20-15-28(11-12-31-20)23(30)9-10-29-19-7-3-2-5-17(19)14-24-29/h2-8,13-14,20H,9-12,15H2,1H3,(H,25,26,27)/t20-/m0/s1. The summed E-state index contributed by atoms with van der Waals surface area (Å²) >= 11 is 0. The van der Waals surface area contributed by atoms with Crippen molar-refractivity contribution in [1.82, 2.24) is 24.8 Å². The van der Waals surface area contributed by atoms with Crippen LogP contribution in [-0.4, -0.2) is 50.4 Å². The van der Waals surface area contributed by atoms with Crippen molar-refractivity contribution in [2.24, 2.45) is 0 Å². The van der Waals surface area contributed by atoms with E-state index in [9.17, 15) is 4.79 Å². The summed E-state index contributed by atoms with van der Waals surface area (Å²) in [6, 6.07) is 15.5. The molecular weight excluding hydrogens is 408 g/mol. The van der Waals surface area contributed by atoms with Gasteiger partial charge in [-0.15, -0.1) is 0 Å². The number of carbonyl (C=O) groups is 1. The number of benzene rings is 1. The normalized spacial score (nSPS) is 16.4. The lowest BCUT2D eigenvalue weighted by molar-refractivity contribution is -0.139. The van der Waals surface area contributed by atoms with Crippen LogP contribution in [-0.2, 0) is 16.1 Å². The van der Waals surface area contributed by atoms with Crippen molar-refractivity contribution in [2.75, 3.05) is 25.0 Å². The third kappa shape index (κ3) is 4.33. The van der Waals surface area contributed by atoms with E-state index in [-0.39, 0.29) is 12.0 Å². The maximum absolute atomic E-state index is 12.9. The van der Waals surface area contributed by atoms with Gasteiger partial charge >= 0.3 is 0 Å². The van der Waals surface area contributed by atoms with E-state index in [1.807, 2.05) is 65.2 Å². The highest BCUT2D eigenvalue weighted by molar-refractivity contribution is 5.79. The monoisotopic (exact) mass is 432 g/mol. The number of nitrogens with zero attached hydrogens (tertiary/aromatic N) is 5. The number of hydrogen-bond donors (Lipinski definition) is 1. The summed E-state index contributed by atoms with van der Waals surface area (Å²) in [5.74, 6) is 2.05. The summed E-state index contributed by atoms with van der Waals surface area (Å²) in [4.78, 5) is 19.4. The Morgan fingerprint density at radius 2 is 2.09 bits per heavy atom. The molecule has 1 aromatic carbocycles. The van der Waals surface area contributed by atoms with Crippen molar-refractivity contribution < 1.29 is 14.1 Å². The number of morpholine rings is 1. The Kier molecular flexibility index (Phi) is 5.55. The molecule has 0 spiro atoms. The molecule has 0 radical (unpaired) electrons. The van der Waals surface area contributed by atoms with E-state index >= 15 is 0 Å². The van der Waals surface area contributed by atoms with Crippen LogP contribution in [0.2, 0.25) is 0 Å². The van der Waals surface area contributed by atoms with Crippen molar-refractivity contribution in [3.8, 4) is 0 Å². The van der Waals surface area contributed by atoms with E-state index in [1.54, 1.807) is 6.07 Å². The highest BCUT2D eigenvalue weighted by Gasteiger charge is 2.26. The maximum atomic E-state index is 12.9. The molecule has 1 N–H and O–H groups in total. The number of ether oxygens (including phenoxy) is 1. The predicted molar refractivity (Wildman–Crippen MR) is 118 cm³/mol. The number of aromatic nitrogens is 4. The van der Waals surface area contributed by atoms with Crippen LogP contribution < -0.4 is 5.32 Å². The Bertz CT molecular complexity index is 1230. The fourth-order valence-electron chi connectivity index (χ4n) is 3.88. The molecule has 1 amide bonds. The van der Waals surface area contributed by atoms with Crippen molar-refractivity contribution in [3.05, 3.63) is 66.2 Å². The zero-order valence-corrected chi connectivity index (χ0v) is 17.8. The molecule has 0 aliphatic carbocycles. The maximum Gasteiger partial charge on any atom is 0.224 e. The first kappa shape index (κ1) is 20.2. The SMILES string of the molecule is Cc1cc(Nc2cccc([C@@H]3CN(C(=O)CCn4ncc5ccccc54)CCO3)n2)no1. The quantitative estimate of drug-likeness (QED) is 0.498. The van der Waals surface area contributed by atoms with Gasteiger partial charge in [0.15, 0.2) is 5.82 Å². The van der Waals surface area contributed by atoms with Gasteiger partial charge in [0.25, 0.3) is 0 Å². The van der Waals surface area contributed by atoms with Gasteiger partial charge in [-0.1, -0.05) is 29.4 Å². The fraction of sp³-hybridized carbons (Fsp3) is 0.304. The highest BCUT2D eigenvalue weighted by atomic mass is 16.5. The Hall–Kier alpha value is -3.72. The van der Waals surface area contributed by atoms with Gasteiger partial charge < -0.3 is 19.5 Å². The highest BCUT2D eigenvalue weighted by Crippen LogP contribution is 2.24. The Balaban J connectivity index is 1.22. The van der Waals surface area contributed by atoms with Crippen molar-refractivity contribution >= 4 is 28.4 Å². The van der Waals surface area contributed by atoms with Gasteiger partial charge in [0.2, 0.25) is 5.91 Å². The molecule has 1 saturated heterocycles. The number of hydrogen-bond acceptors (Lipinski definition) is 7. The number of rotatable bonds is 6. The minimum atomic E-state index is -0.279. The molecule has 164 valence electrons. The Morgan fingerprint density at radius 1 is 1.19 bits per heavy atom. The third-order valence-electron chi connectivity index (χ3n) is 5.49. The number of nitrogens with one attached hydrogen (secondary N) is 1. The van der Waals surface area contributed by atoms with E-state index < -0.39 is 0 Å². The van der Waals surface area contributed by atoms with Gasteiger partial charge in [0.05, 0.1) is 37.1 Å². The van der Waals surface area contributed by atoms with E-state index in [4.69, 9.17) is 9.26 Å². The summed E-state index contributed by atoms with van der Waals surface area (Å²) in [7, 11) is 0. The smallest absolute Gasteiger partial charge is 0.224 e. The molecule has 1 fully saturated rings. The first-order valence-corrected chi connectivity index (χ1v) is 10.6. The molecule has 0 saturated carbocycles. The van der Waals surface area contributed by atoms with Gasteiger partial charge in [-0.05, 0) is 25.1 Å². The van der Waals surface area contributed by atoms with Crippen LogP contribution >= 0.6 is 0 Å². The zero-order valence-electron chi connectivity index (χ0n) is 17.8. The van der Waals surface area contributed by atoms with Gasteiger partial charge in [-0.25, -0.2) is 4.98 Å². The molecule has 32 heavy (non-hydrogen) atoms. The lowest BCUT2D eigenvalue weighted by atomic mass is 10.1. The number of fused-ring (bicyclic) bond motifs is 1. The molecule has 1 aliphatic rings. The number of carbonyl (C=O) groups excluding carboxylic acids is 1. The van der Waals surface area contributed by atoms with E-state index in [2.05, 4.69) is 20.6 Å². The molecule has 1 atom stereocenters. The van der Waals surface area contributed by atoms with Crippen molar-refractivity contribution in [1.29, 1.82) is 0 Å². The number of anilines is 2.